The van der Waals surface area contributed by atoms with Crippen molar-refractivity contribution in [3.05, 3.63) is 82.4 Å². The Bertz CT molecular complexity index is 2310. The topological polar surface area (TPSA) is 209 Å². The van der Waals surface area contributed by atoms with Crippen molar-refractivity contribution in [2.45, 2.75) is 37.2 Å². The fourth-order valence-corrected chi connectivity index (χ4v) is 6.96. The summed E-state index contributed by atoms with van der Waals surface area (Å²) in [5.41, 5.74) is 7.49. The summed E-state index contributed by atoms with van der Waals surface area (Å²) in [5.74, 6) is -1.04. The van der Waals surface area contributed by atoms with Crippen LogP contribution in [0.15, 0.2) is 65.6 Å². The fourth-order valence-electron chi connectivity index (χ4n) is 6.96. The number of aromatic nitrogens is 4. The highest BCUT2D eigenvalue weighted by Crippen LogP contribution is 2.47. The number of carbonyl (C=O) groups is 2. The van der Waals surface area contributed by atoms with Crippen LogP contribution in [-0.4, -0.2) is 93.8 Å². The molecule has 0 saturated carbocycles. The van der Waals surface area contributed by atoms with Gasteiger partial charge in [0.15, 0.2) is 6.23 Å². The van der Waals surface area contributed by atoms with E-state index in [0.29, 0.717) is 43.6 Å². The van der Waals surface area contributed by atoms with E-state index in [4.69, 9.17) is 10.5 Å². The van der Waals surface area contributed by atoms with Gasteiger partial charge in [-0.3, -0.25) is 19.1 Å². The van der Waals surface area contributed by atoms with Crippen LogP contribution in [-0.2, 0) is 11.3 Å². The van der Waals surface area contributed by atoms with Crippen LogP contribution >= 0.6 is 0 Å². The minimum absolute atomic E-state index is 0.00954. The number of anilines is 1. The molecule has 0 spiro atoms. The zero-order chi connectivity index (χ0) is 32.0. The second kappa shape index (κ2) is 10.2. The molecule has 5 heterocycles. The number of nitrogens with two attached hydrogens (primary N) is 1. The first kappa shape index (κ1) is 28.4. The van der Waals surface area contributed by atoms with Crippen molar-refractivity contribution < 1.29 is 34.8 Å². The Balaban J connectivity index is 1.42. The Morgan fingerprint density at radius 2 is 1.54 bits per heavy atom. The molecule has 6 aromatic rings. The highest BCUT2D eigenvalue weighted by Gasteiger charge is 2.47. The third kappa shape index (κ3) is 3.82. The lowest BCUT2D eigenvalue weighted by Gasteiger charge is -2.41. The van der Waals surface area contributed by atoms with Gasteiger partial charge in [-0.25, -0.2) is 4.79 Å². The summed E-state index contributed by atoms with van der Waals surface area (Å²) in [4.78, 5) is 49.2. The van der Waals surface area contributed by atoms with E-state index < -0.39 is 54.8 Å². The molecule has 3 aromatic carbocycles. The average Bonchev–Trinajstić information content (AvgIpc) is 3.68. The standard InChI is InChI=1S/C32H28N6O8/c33-19-9-10-36(32(45)35-19)11-12-37-29(43)22-20-14-5-1-3-7-16(14)34-24(20)25-21(23(22)30(37)44)15-6-2-4-8-17(15)38(25)31-28(42)27(41)26(40)18(13-39)46-31/h1-10,18,26-28,31,34,39-42H,11-13H2,(H2,33,35,45)/t18-,26-,27+,28-,31-/m1/s1. The number of aliphatic hydroxyl groups is 4. The number of aliphatic hydroxyl groups excluding tert-OH is 4. The van der Waals surface area contributed by atoms with E-state index in [1.807, 2.05) is 24.3 Å². The lowest BCUT2D eigenvalue weighted by atomic mass is 9.96. The van der Waals surface area contributed by atoms with Crippen LogP contribution in [0.5, 0.6) is 0 Å². The van der Waals surface area contributed by atoms with Crippen LogP contribution in [0.1, 0.15) is 26.9 Å². The maximum absolute atomic E-state index is 14.3. The van der Waals surface area contributed by atoms with Gasteiger partial charge in [0.25, 0.3) is 11.8 Å². The van der Waals surface area contributed by atoms with E-state index in [2.05, 4.69) is 9.97 Å². The first-order chi connectivity index (χ1) is 22.2. The zero-order valence-corrected chi connectivity index (χ0v) is 24.1. The molecule has 3 aromatic heterocycles. The van der Waals surface area contributed by atoms with Crippen LogP contribution < -0.4 is 11.4 Å². The Morgan fingerprint density at radius 1 is 0.848 bits per heavy atom. The summed E-state index contributed by atoms with van der Waals surface area (Å²) >= 11 is 0. The van der Waals surface area contributed by atoms with Crippen molar-refractivity contribution in [2.24, 2.45) is 0 Å². The number of nitrogens with zero attached hydrogens (tertiary/aromatic N) is 4. The summed E-state index contributed by atoms with van der Waals surface area (Å²) in [7, 11) is 0. The monoisotopic (exact) mass is 624 g/mol. The van der Waals surface area contributed by atoms with Gasteiger partial charge in [0.1, 0.15) is 30.2 Å². The number of para-hydroxylation sites is 2. The first-order valence-corrected chi connectivity index (χ1v) is 14.7. The Hall–Kier alpha value is -5.12. The van der Waals surface area contributed by atoms with Gasteiger partial charge < -0.3 is 40.4 Å². The van der Waals surface area contributed by atoms with Crippen LogP contribution in [0.2, 0.25) is 0 Å². The number of amides is 2. The third-order valence-electron chi connectivity index (χ3n) is 9.10. The van der Waals surface area contributed by atoms with Crippen molar-refractivity contribution in [3.63, 3.8) is 0 Å². The molecule has 46 heavy (non-hydrogen) atoms. The first-order valence-electron chi connectivity index (χ1n) is 14.7. The van der Waals surface area contributed by atoms with Gasteiger partial charge in [0, 0.05) is 46.3 Å². The van der Waals surface area contributed by atoms with Crippen LogP contribution in [0.4, 0.5) is 5.82 Å². The number of benzene rings is 3. The van der Waals surface area contributed by atoms with E-state index in [1.165, 1.54) is 16.8 Å². The summed E-state index contributed by atoms with van der Waals surface area (Å²) in [6.45, 7) is -0.747. The zero-order valence-electron chi connectivity index (χ0n) is 24.1. The van der Waals surface area contributed by atoms with E-state index in [1.54, 1.807) is 28.8 Å². The van der Waals surface area contributed by atoms with Gasteiger partial charge in [-0.2, -0.15) is 4.98 Å². The van der Waals surface area contributed by atoms with Gasteiger partial charge in [0.05, 0.1) is 34.3 Å². The molecule has 14 nitrogen and oxygen atoms in total. The van der Waals surface area contributed by atoms with Crippen molar-refractivity contribution in [2.75, 3.05) is 18.9 Å². The third-order valence-corrected chi connectivity index (χ3v) is 9.10. The Morgan fingerprint density at radius 3 is 2.28 bits per heavy atom. The molecule has 1 fully saturated rings. The SMILES string of the molecule is Nc1ccn(CCN2C(=O)c3c(c4c5ccccc5n([C@@H]5O[C@H](CO)[C@@H](O)[C@H](O)[C@H]5O)c4c4[nH]c5ccccc5c34)C2=O)c(=O)n1. The molecule has 7 N–H and O–H groups in total. The smallest absolute Gasteiger partial charge is 0.349 e. The van der Waals surface area contributed by atoms with Crippen LogP contribution in [0.25, 0.3) is 43.6 Å². The molecular weight excluding hydrogens is 596 g/mol. The largest absolute Gasteiger partial charge is 0.394 e. The molecule has 2 aliphatic heterocycles. The molecule has 0 unspecified atom stereocenters. The van der Waals surface area contributed by atoms with Gasteiger partial charge in [0.2, 0.25) is 0 Å². The van der Waals surface area contributed by atoms with E-state index >= 15 is 0 Å². The molecule has 1 saturated heterocycles. The number of hydrogen-bond donors (Lipinski definition) is 6. The Kier molecular flexibility index (Phi) is 6.29. The number of ether oxygens (including phenoxy) is 1. The second-order valence-electron chi connectivity index (χ2n) is 11.6. The van der Waals surface area contributed by atoms with Gasteiger partial charge in [-0.15, -0.1) is 0 Å². The molecular formula is C32H28N6O8. The molecule has 2 amide bonds. The lowest BCUT2D eigenvalue weighted by molar-refractivity contribution is -0.249. The molecule has 0 bridgehead atoms. The number of fused-ring (bicyclic) bond motifs is 10. The van der Waals surface area contributed by atoms with Crippen molar-refractivity contribution in [3.8, 4) is 0 Å². The number of aromatic amines is 1. The van der Waals surface area contributed by atoms with Gasteiger partial charge in [-0.1, -0.05) is 36.4 Å². The molecule has 0 radical (unpaired) electrons. The highest BCUT2D eigenvalue weighted by molar-refractivity contribution is 6.39. The van der Waals surface area contributed by atoms with Gasteiger partial charge in [-0.05, 0) is 18.2 Å². The normalized spacial score (nSPS) is 23.4. The predicted molar refractivity (Wildman–Crippen MR) is 166 cm³/mol. The van der Waals surface area contributed by atoms with Crippen molar-refractivity contribution in [1.29, 1.82) is 0 Å². The number of H-pyrrole nitrogens is 1. The number of carbonyl (C=O) groups excluding carboxylic acids is 2. The summed E-state index contributed by atoms with van der Waals surface area (Å²) in [5, 5.41) is 44.6. The minimum atomic E-state index is -1.65. The number of nitrogen functional groups attached to an aromatic ring is 1. The molecule has 14 heteroatoms. The Labute approximate surface area is 258 Å². The van der Waals surface area contributed by atoms with Gasteiger partial charge >= 0.3 is 5.69 Å². The average molecular weight is 625 g/mol. The quantitative estimate of drug-likeness (QED) is 0.149. The number of hydrogen-bond acceptors (Lipinski definition) is 10. The number of imide groups is 1. The molecule has 0 aliphatic carbocycles. The number of nitrogens with one attached hydrogen (secondary N) is 1. The van der Waals surface area contributed by atoms with Crippen molar-refractivity contribution in [1.82, 2.24) is 24.0 Å². The summed E-state index contributed by atoms with van der Waals surface area (Å²) < 4.78 is 8.95. The maximum atomic E-state index is 14.3. The van der Waals surface area contributed by atoms with E-state index in [0.717, 1.165) is 4.90 Å². The number of rotatable bonds is 5. The molecule has 234 valence electrons. The lowest BCUT2D eigenvalue weighted by Crippen LogP contribution is -2.56. The van der Waals surface area contributed by atoms with Crippen molar-refractivity contribution >= 4 is 61.2 Å². The molecule has 2 aliphatic rings. The second-order valence-corrected chi connectivity index (χ2v) is 11.6. The summed E-state index contributed by atoms with van der Waals surface area (Å²) in [6, 6.07) is 15.9. The molecule has 5 atom stereocenters. The van der Waals surface area contributed by atoms with E-state index in [-0.39, 0.29) is 30.0 Å². The molecule has 8 rings (SSSR count). The summed E-state index contributed by atoms with van der Waals surface area (Å²) in [6.07, 6.45) is -5.86. The minimum Gasteiger partial charge on any atom is -0.394 e. The van der Waals surface area contributed by atoms with Crippen LogP contribution in [0, 0.1) is 0 Å². The fraction of sp³-hybridized carbons (Fsp3) is 0.250. The highest BCUT2D eigenvalue weighted by atomic mass is 16.6. The maximum Gasteiger partial charge on any atom is 0.349 e. The van der Waals surface area contributed by atoms with Crippen LogP contribution in [0.3, 0.4) is 0 Å². The van der Waals surface area contributed by atoms with E-state index in [9.17, 15) is 34.8 Å². The predicted octanol–water partition coefficient (Wildman–Crippen LogP) is 0.837.